The first-order chi connectivity index (χ1) is 63.7. The maximum absolute atomic E-state index is 14.5. The zero-order valence-corrected chi connectivity index (χ0v) is 81.1. The van der Waals surface area contributed by atoms with Crippen LogP contribution in [0.5, 0.6) is 0 Å². The Balaban J connectivity index is 1.31. The van der Waals surface area contributed by atoms with Crippen LogP contribution in [0.4, 0.5) is 4.79 Å². The number of hydrogen-bond acceptors (Lipinski definition) is 34. The lowest BCUT2D eigenvalue weighted by Gasteiger charge is -2.42. The molecule has 0 aromatic carbocycles. The van der Waals surface area contributed by atoms with Crippen LogP contribution in [-0.4, -0.2) is 349 Å². The number of aliphatic hydroxyl groups excluding tert-OH is 9. The van der Waals surface area contributed by atoms with Crippen molar-refractivity contribution in [3.05, 3.63) is 0 Å². The van der Waals surface area contributed by atoms with Crippen molar-refractivity contribution in [3.63, 3.8) is 0 Å². The van der Waals surface area contributed by atoms with E-state index >= 15 is 0 Å². The van der Waals surface area contributed by atoms with Crippen molar-refractivity contribution in [1.82, 2.24) is 42.1 Å². The first-order valence-electron chi connectivity index (χ1n) is 47.9. The van der Waals surface area contributed by atoms with E-state index in [1.807, 2.05) is 4.90 Å². The average molecular weight is 1940 g/mol. The third-order valence-electron chi connectivity index (χ3n) is 23.8. The molecule has 133 heavy (non-hydrogen) atoms. The zero-order chi connectivity index (χ0) is 97.9. The molecule has 15 unspecified atom stereocenters. The smallest absolute Gasteiger partial charge is 0.407 e. The first-order valence-corrected chi connectivity index (χ1v) is 50.2. The minimum Gasteiger partial charge on any atom is -0.466 e. The number of nitrogens with one attached hydrogen (secondary N) is 7. The molecule has 0 aromatic rings. The highest BCUT2D eigenvalue weighted by molar-refractivity contribution is 8.77. The summed E-state index contributed by atoms with van der Waals surface area (Å²) in [6, 6.07) is -3.32. The molecular weight excluding hydrogens is 1780 g/mol. The number of hydrogen-bond donors (Lipinski definition) is 16. The molecule has 0 spiro atoms. The second-order valence-electron chi connectivity index (χ2n) is 35.7. The predicted molar refractivity (Wildman–Crippen MR) is 490 cm³/mol. The molecular formula is C91H160N8O32S2. The lowest BCUT2D eigenvalue weighted by atomic mass is 9.71. The summed E-state index contributed by atoms with van der Waals surface area (Å²) in [5, 5.41) is 110. The van der Waals surface area contributed by atoms with Gasteiger partial charge in [0, 0.05) is 142 Å². The molecule has 8 amide bonds. The monoisotopic (exact) mass is 1940 g/mol. The number of carbonyl (C=O) groups excluding carboxylic acids is 12. The van der Waals surface area contributed by atoms with Crippen molar-refractivity contribution in [2.24, 2.45) is 5.41 Å². The van der Waals surface area contributed by atoms with Crippen molar-refractivity contribution in [1.29, 1.82) is 0 Å². The number of rotatable bonds is 74. The number of ether oxygens (including phenoxy) is 11. The van der Waals surface area contributed by atoms with Crippen LogP contribution in [0.1, 0.15) is 272 Å². The highest BCUT2D eigenvalue weighted by atomic mass is 33.1. The summed E-state index contributed by atoms with van der Waals surface area (Å²) >= 11 is 0. The highest BCUT2D eigenvalue weighted by Gasteiger charge is 2.49. The van der Waals surface area contributed by atoms with Crippen LogP contribution in [0, 0.1) is 5.41 Å². The number of unbranched alkanes of at least 4 members (excludes halogenated alkanes) is 12. The van der Waals surface area contributed by atoms with Gasteiger partial charge in [-0.15, -0.1) is 0 Å². The van der Waals surface area contributed by atoms with E-state index in [0.717, 1.165) is 51.4 Å². The van der Waals surface area contributed by atoms with Gasteiger partial charge in [0.25, 0.3) is 0 Å². The van der Waals surface area contributed by atoms with Crippen molar-refractivity contribution in [2.45, 2.75) is 381 Å². The quantitative estimate of drug-likeness (QED) is 0.0179. The molecule has 0 aromatic heterocycles. The molecule has 4 heterocycles. The lowest BCUT2D eigenvalue weighted by molar-refractivity contribution is -0.270. The number of esters is 2. The van der Waals surface area contributed by atoms with E-state index in [0.29, 0.717) is 180 Å². The number of carbonyl (C=O) groups is 12. The number of nitrogens with zero attached hydrogens (tertiary/aromatic N) is 1. The number of Topliss-reactive ketones (excluding diaryl/α,β-unsaturated/α-hetero) is 2. The number of amides is 8. The van der Waals surface area contributed by atoms with Crippen LogP contribution in [0.2, 0.25) is 0 Å². The summed E-state index contributed by atoms with van der Waals surface area (Å²) in [4.78, 5) is 155. The molecule has 0 bridgehead atoms. The fourth-order valence-corrected chi connectivity index (χ4v) is 19.0. The molecule has 768 valence electrons. The normalized spacial score (nSPS) is 24.1. The number of methoxy groups -OCH3 is 2. The van der Waals surface area contributed by atoms with Crippen LogP contribution in [0.3, 0.4) is 0 Å². The maximum Gasteiger partial charge on any atom is 0.407 e. The van der Waals surface area contributed by atoms with Crippen molar-refractivity contribution >= 4 is 92.5 Å². The predicted octanol–water partition coefficient (Wildman–Crippen LogP) is 3.62. The Hall–Kier alpha value is -6.14. The van der Waals surface area contributed by atoms with E-state index in [9.17, 15) is 103 Å². The summed E-state index contributed by atoms with van der Waals surface area (Å²) in [5.41, 5.74) is -0.699. The van der Waals surface area contributed by atoms with Gasteiger partial charge < -0.3 is 140 Å². The van der Waals surface area contributed by atoms with Gasteiger partial charge in [-0.05, 0) is 141 Å². The van der Waals surface area contributed by atoms with E-state index < -0.39 is 141 Å². The number of aliphatic hydroxyl groups is 9. The standard InChI is InChI=1S/C91H160N8O32S2/c1-61(103)96-77-83(117)80(114)68(57-100)129-86(77)125-47-24-31-71(108)92-43-20-12-8-10-16-35-75(112)123-50-27-39-91(55-66(107)38-53-132-133-90(4,5)42-37-65(106)30-18-19-34-74(111)99-56-67(122-7)54-64(99)60-121-6,40-28-51-124-76(113)36-17-11-9-13-21-44-93-72(109)32-25-48-126-87-78(97-62(2)104)84(118)81(115)69(58-101)130-87)41-29-52-128-89(120)95-46-23-15-14-22-45-94-73(110)33-26-49-127-88-79(98-63(3)105)85(119)82(116)70(59-102)131-88/h64,67-70,77-88,100-102,114-119H,8-60H2,1-7H3,(H,92,108)(H,93,109)(H,94,110)(H,95,120)(H,96,103)(H,97,104)(H,98,105)/t64-,67+,68?,69?,70?,77?,78?,79?,80?,81?,82?,83?,84?,85?,86?,87?,88?,91?/m1/s1. The van der Waals surface area contributed by atoms with Crippen LogP contribution in [0.15, 0.2) is 0 Å². The summed E-state index contributed by atoms with van der Waals surface area (Å²) in [6.07, 6.45) is 1.85. The number of ketones is 2. The lowest BCUT2D eigenvalue weighted by Crippen LogP contribution is -2.64. The molecule has 4 rings (SSSR count). The Bertz CT molecular complexity index is 3110. The van der Waals surface area contributed by atoms with Gasteiger partial charge in [0.15, 0.2) is 18.9 Å². The van der Waals surface area contributed by atoms with E-state index in [1.54, 1.807) is 35.8 Å². The van der Waals surface area contributed by atoms with E-state index in [-0.39, 0.29) is 155 Å². The topological polar surface area (TPSA) is 576 Å². The van der Waals surface area contributed by atoms with E-state index in [4.69, 9.17) is 52.1 Å². The van der Waals surface area contributed by atoms with Gasteiger partial charge in [0.2, 0.25) is 41.4 Å². The van der Waals surface area contributed by atoms with Gasteiger partial charge in [-0.3, -0.25) is 52.7 Å². The molecule has 17 atom stereocenters. The second-order valence-corrected chi connectivity index (χ2v) is 38.8. The van der Waals surface area contributed by atoms with Crippen molar-refractivity contribution in [2.75, 3.05) is 119 Å². The molecule has 0 radical (unpaired) electrons. The summed E-state index contributed by atoms with van der Waals surface area (Å²) < 4.78 is 61.7. The molecule has 0 aliphatic carbocycles. The Morgan fingerprint density at radius 3 is 1.17 bits per heavy atom. The van der Waals surface area contributed by atoms with Crippen LogP contribution < -0.4 is 37.2 Å². The van der Waals surface area contributed by atoms with Crippen LogP contribution in [-0.2, 0) is 105 Å². The Kier molecular flexibility index (Phi) is 61.7. The van der Waals surface area contributed by atoms with Crippen LogP contribution in [0.25, 0.3) is 0 Å². The van der Waals surface area contributed by atoms with Gasteiger partial charge >= 0.3 is 18.0 Å². The Morgan fingerprint density at radius 2 is 0.782 bits per heavy atom. The third kappa shape index (κ3) is 49.8. The largest absolute Gasteiger partial charge is 0.466 e. The SMILES string of the molecule is COC[C@H]1C[C@H](OC)CN1C(=O)CCCCC(=O)CCC(C)(C)SSCCC(=O)CC(CCCOC(=O)CCCCCCCNC(=O)CCCOC1OC(CO)C(O)C(O)C1NC(C)=O)(CCCOC(=O)CCCCCCCNC(=O)CCCOC1OC(CO)C(O)C(O)C1NC(C)=O)CCCOC(=O)NCCCCCCNC(=O)CCCOC1OC(CO)C(O)C(O)C1NC(C)=O. The first kappa shape index (κ1) is 119. The van der Waals surface area contributed by atoms with Gasteiger partial charge in [0.05, 0.1) is 78.2 Å². The Morgan fingerprint density at radius 1 is 0.406 bits per heavy atom. The van der Waals surface area contributed by atoms with E-state index in [2.05, 4.69) is 51.1 Å². The van der Waals surface area contributed by atoms with Gasteiger partial charge in [-0.1, -0.05) is 73.0 Å². The van der Waals surface area contributed by atoms with Gasteiger partial charge in [-0.25, -0.2) is 4.79 Å². The number of likely N-dealkylation sites (tertiary alicyclic amines) is 1. The molecule has 0 saturated carbocycles. The van der Waals surface area contributed by atoms with Crippen molar-refractivity contribution in [3.8, 4) is 0 Å². The third-order valence-corrected chi connectivity index (χ3v) is 27.2. The average Bonchev–Trinajstić information content (AvgIpc) is 1.65. The van der Waals surface area contributed by atoms with Gasteiger partial charge in [0.1, 0.15) is 84.6 Å². The highest BCUT2D eigenvalue weighted by Crippen LogP contribution is 2.42. The zero-order valence-electron chi connectivity index (χ0n) is 79.5. The molecule has 4 saturated heterocycles. The molecule has 4 aliphatic heterocycles. The minimum atomic E-state index is -1.46. The molecule has 42 heteroatoms. The fourth-order valence-electron chi connectivity index (χ4n) is 16.4. The summed E-state index contributed by atoms with van der Waals surface area (Å²) in [6.45, 7) is 8.93. The van der Waals surface area contributed by atoms with Crippen molar-refractivity contribution < 1.29 is 156 Å². The van der Waals surface area contributed by atoms with Crippen LogP contribution >= 0.6 is 21.6 Å². The van der Waals surface area contributed by atoms with Gasteiger partial charge in [-0.2, -0.15) is 0 Å². The Labute approximate surface area is 791 Å². The summed E-state index contributed by atoms with van der Waals surface area (Å²) in [5.74, 6) is -2.18. The minimum absolute atomic E-state index is 0.00110. The second kappa shape index (κ2) is 68.8. The summed E-state index contributed by atoms with van der Waals surface area (Å²) in [7, 11) is 6.43. The fraction of sp³-hybridized carbons (Fsp3) is 0.868. The molecule has 4 aliphatic rings. The molecule has 16 N–H and O–H groups in total. The number of alkyl carbamates (subject to hydrolysis) is 1. The maximum atomic E-state index is 14.5. The molecule has 40 nitrogen and oxygen atoms in total. The molecule has 4 fully saturated rings. The van der Waals surface area contributed by atoms with E-state index in [1.165, 1.54) is 20.8 Å².